The normalized spacial score (nSPS) is 15.2. The highest BCUT2D eigenvalue weighted by Gasteiger charge is 2.32. The number of fused-ring (bicyclic) bond motifs is 1. The Morgan fingerprint density at radius 1 is 1.15 bits per heavy atom. The molecule has 2 aromatic carbocycles. The van der Waals surface area contributed by atoms with E-state index in [2.05, 4.69) is 25.6 Å². The lowest BCUT2D eigenvalue weighted by Crippen LogP contribution is -2.33. The van der Waals surface area contributed by atoms with Crippen molar-refractivity contribution in [2.45, 2.75) is 26.0 Å². The average molecular weight is 540 g/mol. The highest BCUT2D eigenvalue weighted by atomic mass is 19.3. The molecule has 1 atom stereocenters. The fraction of sp³-hybridized carbons (Fsp3) is 0.269. The minimum atomic E-state index is -2.53. The quantitative estimate of drug-likeness (QED) is 0.332. The van der Waals surface area contributed by atoms with Crippen LogP contribution in [0.4, 0.5) is 29.5 Å². The molecule has 10 nitrogen and oxygen atoms in total. The zero-order chi connectivity index (χ0) is 27.5. The van der Waals surface area contributed by atoms with Gasteiger partial charge in [-0.15, -0.1) is 0 Å². The fourth-order valence-electron chi connectivity index (χ4n) is 4.29. The van der Waals surface area contributed by atoms with Crippen LogP contribution in [0, 0.1) is 5.82 Å². The largest absolute Gasteiger partial charge is 0.442 e. The minimum Gasteiger partial charge on any atom is -0.442 e. The lowest BCUT2D eigenvalue weighted by atomic mass is 10.0. The molecular formula is C26H24F3N7O3. The maximum Gasteiger partial charge on any atom is 0.414 e. The molecule has 3 heterocycles. The molecule has 0 radical (unpaired) electrons. The first-order valence-corrected chi connectivity index (χ1v) is 12.1. The average Bonchev–Trinajstić information content (AvgIpc) is 3.50. The molecule has 1 fully saturated rings. The van der Waals surface area contributed by atoms with Crippen molar-refractivity contribution in [1.29, 1.82) is 0 Å². The van der Waals surface area contributed by atoms with E-state index >= 15 is 4.39 Å². The first-order chi connectivity index (χ1) is 18.8. The highest BCUT2D eigenvalue weighted by Crippen LogP contribution is 2.29. The number of anilines is 2. The smallest absolute Gasteiger partial charge is 0.414 e. The van der Waals surface area contributed by atoms with Gasteiger partial charge in [0.15, 0.2) is 11.5 Å². The molecule has 1 unspecified atom stereocenters. The predicted octanol–water partition coefficient (Wildman–Crippen LogP) is 3.82. The first kappa shape index (κ1) is 25.9. The van der Waals surface area contributed by atoms with Crippen LogP contribution in [0.1, 0.15) is 12.5 Å². The third-order valence-corrected chi connectivity index (χ3v) is 6.16. The summed E-state index contributed by atoms with van der Waals surface area (Å²) in [4.78, 5) is 37.2. The van der Waals surface area contributed by atoms with Crippen LogP contribution < -0.4 is 15.5 Å². The lowest BCUT2D eigenvalue weighted by Gasteiger charge is -2.15. The van der Waals surface area contributed by atoms with E-state index in [1.54, 1.807) is 35.2 Å². The van der Waals surface area contributed by atoms with Gasteiger partial charge in [0.05, 0.1) is 38.2 Å². The van der Waals surface area contributed by atoms with E-state index in [1.807, 2.05) is 12.1 Å². The summed E-state index contributed by atoms with van der Waals surface area (Å²) in [7, 11) is 0. The second kappa shape index (κ2) is 11.0. The van der Waals surface area contributed by atoms with Gasteiger partial charge in [-0.1, -0.05) is 24.3 Å². The third-order valence-electron chi connectivity index (χ3n) is 6.16. The van der Waals surface area contributed by atoms with Crippen molar-refractivity contribution < 1.29 is 27.5 Å². The molecule has 5 rings (SSSR count). The zero-order valence-corrected chi connectivity index (χ0v) is 20.8. The summed E-state index contributed by atoms with van der Waals surface area (Å²) in [5.74, 6) is -0.495. The SMILES string of the molecule is CC(=O)NCC1CN(c2ccc(-c3ccc(Cn4cnc5c(NCC(F)F)ncnc54)cc3)c(F)c2)C(=O)O1. The second-order valence-corrected chi connectivity index (χ2v) is 8.95. The molecule has 2 aromatic heterocycles. The third kappa shape index (κ3) is 5.76. The Hall–Kier alpha value is -4.68. The number of benzene rings is 2. The minimum absolute atomic E-state index is 0.184. The van der Waals surface area contributed by atoms with Gasteiger partial charge in [0.1, 0.15) is 23.8 Å². The van der Waals surface area contributed by atoms with Crippen molar-refractivity contribution in [3.05, 3.63) is 66.5 Å². The molecule has 39 heavy (non-hydrogen) atoms. The monoisotopic (exact) mass is 539 g/mol. The van der Waals surface area contributed by atoms with E-state index in [0.717, 1.165) is 5.56 Å². The molecule has 0 aliphatic carbocycles. The van der Waals surface area contributed by atoms with E-state index < -0.39 is 31.0 Å². The lowest BCUT2D eigenvalue weighted by molar-refractivity contribution is -0.119. The summed E-state index contributed by atoms with van der Waals surface area (Å²) >= 11 is 0. The number of carbonyl (C=O) groups is 2. The summed E-state index contributed by atoms with van der Waals surface area (Å²) in [6, 6.07) is 11.8. The zero-order valence-electron chi connectivity index (χ0n) is 20.8. The number of aromatic nitrogens is 4. The van der Waals surface area contributed by atoms with E-state index in [1.165, 1.54) is 24.2 Å². The van der Waals surface area contributed by atoms with Crippen LogP contribution in [0.2, 0.25) is 0 Å². The molecule has 1 saturated heterocycles. The number of halogens is 3. The number of amides is 2. The van der Waals surface area contributed by atoms with Crippen LogP contribution >= 0.6 is 0 Å². The number of hydrogen-bond donors (Lipinski definition) is 2. The molecule has 2 amide bonds. The van der Waals surface area contributed by atoms with Crippen LogP contribution in [0.5, 0.6) is 0 Å². The molecular weight excluding hydrogens is 515 g/mol. The van der Waals surface area contributed by atoms with Gasteiger partial charge < -0.3 is 19.9 Å². The van der Waals surface area contributed by atoms with Gasteiger partial charge >= 0.3 is 6.09 Å². The van der Waals surface area contributed by atoms with Gasteiger partial charge in [-0.25, -0.2) is 32.9 Å². The summed E-state index contributed by atoms with van der Waals surface area (Å²) in [6.07, 6.45) is -0.799. The van der Waals surface area contributed by atoms with Gasteiger partial charge in [-0.05, 0) is 29.3 Å². The Bertz CT molecular complexity index is 1510. The van der Waals surface area contributed by atoms with Gasteiger partial charge in [0.25, 0.3) is 6.43 Å². The van der Waals surface area contributed by atoms with E-state index in [4.69, 9.17) is 4.74 Å². The molecule has 1 aliphatic rings. The number of alkyl halides is 2. The summed E-state index contributed by atoms with van der Waals surface area (Å²) < 4.78 is 47.2. The Morgan fingerprint density at radius 2 is 1.95 bits per heavy atom. The van der Waals surface area contributed by atoms with Gasteiger partial charge in [0.2, 0.25) is 5.91 Å². The molecule has 4 aromatic rings. The summed E-state index contributed by atoms with van der Waals surface area (Å²) in [6.45, 7) is 1.62. The van der Waals surface area contributed by atoms with Crippen molar-refractivity contribution in [2.24, 2.45) is 0 Å². The Balaban J connectivity index is 1.28. The van der Waals surface area contributed by atoms with Crippen LogP contribution in [-0.2, 0) is 16.1 Å². The molecule has 202 valence electrons. The van der Waals surface area contributed by atoms with Crippen LogP contribution in [0.15, 0.2) is 55.1 Å². The molecule has 0 bridgehead atoms. The molecule has 0 spiro atoms. The number of nitrogens with zero attached hydrogens (tertiary/aromatic N) is 5. The number of imidazole rings is 1. The van der Waals surface area contributed by atoms with Crippen LogP contribution in [0.3, 0.4) is 0 Å². The number of rotatable bonds is 9. The van der Waals surface area contributed by atoms with Crippen molar-refractivity contribution in [3.63, 3.8) is 0 Å². The maximum atomic E-state index is 15.1. The van der Waals surface area contributed by atoms with Crippen LogP contribution in [0.25, 0.3) is 22.3 Å². The predicted molar refractivity (Wildman–Crippen MR) is 137 cm³/mol. The van der Waals surface area contributed by atoms with Crippen molar-refractivity contribution in [3.8, 4) is 11.1 Å². The van der Waals surface area contributed by atoms with E-state index in [0.29, 0.717) is 34.5 Å². The fourth-order valence-corrected chi connectivity index (χ4v) is 4.29. The number of ether oxygens (including phenoxy) is 1. The summed E-state index contributed by atoms with van der Waals surface area (Å²) in [5, 5.41) is 5.18. The standard InChI is InChI=1S/C26H24F3N7O3/c1-15(37)30-9-19-12-36(26(38)39-19)18-6-7-20(21(27)8-18)17-4-2-16(3-5-17)11-35-14-34-23-24(31-10-22(28)29)32-13-33-25(23)35/h2-8,13-14,19,22H,9-12H2,1H3,(H,30,37)(H,31,32,33). The van der Waals surface area contributed by atoms with Crippen molar-refractivity contribution in [2.75, 3.05) is 29.9 Å². The number of hydrogen-bond acceptors (Lipinski definition) is 7. The van der Waals surface area contributed by atoms with Crippen molar-refractivity contribution >= 4 is 34.7 Å². The van der Waals surface area contributed by atoms with E-state index in [9.17, 15) is 18.4 Å². The Labute approximate surface area is 220 Å². The molecule has 0 saturated carbocycles. The number of carbonyl (C=O) groups excluding carboxylic acids is 2. The van der Waals surface area contributed by atoms with Gasteiger partial charge in [0, 0.05) is 12.5 Å². The highest BCUT2D eigenvalue weighted by molar-refractivity contribution is 5.90. The summed E-state index contributed by atoms with van der Waals surface area (Å²) in [5.41, 5.74) is 3.14. The maximum absolute atomic E-state index is 15.1. The van der Waals surface area contributed by atoms with Gasteiger partial charge in [-0.3, -0.25) is 9.69 Å². The molecule has 2 N–H and O–H groups in total. The molecule has 1 aliphatic heterocycles. The van der Waals surface area contributed by atoms with E-state index in [-0.39, 0.29) is 24.8 Å². The van der Waals surface area contributed by atoms with Gasteiger partial charge in [-0.2, -0.15) is 0 Å². The second-order valence-electron chi connectivity index (χ2n) is 8.95. The molecule has 13 heteroatoms. The Morgan fingerprint density at radius 3 is 2.67 bits per heavy atom. The van der Waals surface area contributed by atoms with Crippen molar-refractivity contribution in [1.82, 2.24) is 24.8 Å². The number of nitrogens with one attached hydrogen (secondary N) is 2. The number of cyclic esters (lactones) is 1. The topological polar surface area (TPSA) is 114 Å². The van der Waals surface area contributed by atoms with Crippen LogP contribution in [-0.4, -0.2) is 63.7 Å². The first-order valence-electron chi connectivity index (χ1n) is 12.1. The Kier molecular flexibility index (Phi) is 7.30.